The molecule has 26 heavy (non-hydrogen) atoms. The van der Waals surface area contributed by atoms with Crippen molar-refractivity contribution in [1.82, 2.24) is 9.88 Å². The van der Waals surface area contributed by atoms with Crippen LogP contribution in [0.3, 0.4) is 0 Å². The number of amides is 1. The zero-order valence-corrected chi connectivity index (χ0v) is 15.4. The zero-order chi connectivity index (χ0) is 17.8. The van der Waals surface area contributed by atoms with Crippen LogP contribution in [0.15, 0.2) is 36.2 Å². The van der Waals surface area contributed by atoms with E-state index in [9.17, 15) is 4.79 Å². The Morgan fingerprint density at radius 1 is 1.35 bits per heavy atom. The molecule has 2 aliphatic heterocycles. The lowest BCUT2D eigenvalue weighted by atomic mass is 9.73. The predicted octanol–water partition coefficient (Wildman–Crippen LogP) is 3.11. The first-order chi connectivity index (χ1) is 12.8. The van der Waals surface area contributed by atoms with Crippen molar-refractivity contribution in [3.05, 3.63) is 41.7 Å². The minimum atomic E-state index is -0.0711. The Labute approximate surface area is 155 Å². The fourth-order valence-electron chi connectivity index (χ4n) is 4.59. The van der Waals surface area contributed by atoms with Gasteiger partial charge in [-0.3, -0.25) is 9.78 Å². The number of hydrogen-bond donors (Lipinski definition) is 0. The fourth-order valence-corrected chi connectivity index (χ4v) is 4.59. The van der Waals surface area contributed by atoms with E-state index in [0.29, 0.717) is 13.2 Å². The molecule has 1 aromatic heterocycles. The summed E-state index contributed by atoms with van der Waals surface area (Å²) in [6.07, 6.45) is 12.0. The number of carbonyl (C=O) groups is 1. The van der Waals surface area contributed by atoms with E-state index in [-0.39, 0.29) is 17.4 Å². The molecule has 2 atom stereocenters. The molecule has 0 N–H and O–H groups in total. The Kier molecular flexibility index (Phi) is 5.36. The number of aromatic nitrogens is 1. The SMILES string of the molecule is O=C(C1=CCCC1)N1CC[C@H]2OCCC[C@]2(COCc2ccncc2)C1. The van der Waals surface area contributed by atoms with E-state index in [2.05, 4.69) is 16.0 Å². The number of ether oxygens (including phenoxy) is 2. The van der Waals surface area contributed by atoms with Crippen molar-refractivity contribution < 1.29 is 14.3 Å². The van der Waals surface area contributed by atoms with Gasteiger partial charge in [0, 0.05) is 43.1 Å². The van der Waals surface area contributed by atoms with Crippen LogP contribution < -0.4 is 0 Å². The molecule has 5 nitrogen and oxygen atoms in total. The lowest BCUT2D eigenvalue weighted by Gasteiger charge is -2.50. The van der Waals surface area contributed by atoms with Gasteiger partial charge in [-0.05, 0) is 56.2 Å². The molecule has 140 valence electrons. The highest BCUT2D eigenvalue weighted by Crippen LogP contribution is 2.41. The van der Waals surface area contributed by atoms with Crippen molar-refractivity contribution in [2.45, 2.75) is 51.2 Å². The second-order valence-electron chi connectivity index (χ2n) is 7.81. The van der Waals surface area contributed by atoms with Gasteiger partial charge in [0.2, 0.25) is 5.91 Å². The van der Waals surface area contributed by atoms with Crippen LogP contribution in [0.2, 0.25) is 0 Å². The van der Waals surface area contributed by atoms with Crippen LogP contribution in [0.1, 0.15) is 44.1 Å². The van der Waals surface area contributed by atoms with Gasteiger partial charge in [-0.15, -0.1) is 0 Å². The number of allylic oxidation sites excluding steroid dienone is 1. The summed E-state index contributed by atoms with van der Waals surface area (Å²) < 4.78 is 12.2. The topological polar surface area (TPSA) is 51.7 Å². The number of fused-ring (bicyclic) bond motifs is 1. The van der Waals surface area contributed by atoms with E-state index in [4.69, 9.17) is 9.47 Å². The van der Waals surface area contributed by atoms with Crippen LogP contribution in [-0.4, -0.2) is 48.2 Å². The highest BCUT2D eigenvalue weighted by Gasteiger charge is 2.47. The average Bonchev–Trinajstić information content (AvgIpc) is 3.22. The Morgan fingerprint density at radius 3 is 3.04 bits per heavy atom. The summed E-state index contributed by atoms with van der Waals surface area (Å²) in [7, 11) is 0. The van der Waals surface area contributed by atoms with Crippen molar-refractivity contribution in [3.63, 3.8) is 0 Å². The first-order valence-electron chi connectivity index (χ1n) is 9.83. The van der Waals surface area contributed by atoms with E-state index in [0.717, 1.165) is 69.4 Å². The largest absolute Gasteiger partial charge is 0.377 e. The van der Waals surface area contributed by atoms with Crippen LogP contribution >= 0.6 is 0 Å². The minimum Gasteiger partial charge on any atom is -0.377 e. The molecular formula is C21H28N2O3. The van der Waals surface area contributed by atoms with Crippen molar-refractivity contribution >= 4 is 5.91 Å². The molecule has 1 aliphatic carbocycles. The third-order valence-electron chi connectivity index (χ3n) is 6.00. The smallest absolute Gasteiger partial charge is 0.249 e. The average molecular weight is 356 g/mol. The van der Waals surface area contributed by atoms with Crippen LogP contribution in [0.4, 0.5) is 0 Å². The molecule has 0 aromatic carbocycles. The summed E-state index contributed by atoms with van der Waals surface area (Å²) >= 11 is 0. The van der Waals surface area contributed by atoms with Gasteiger partial charge >= 0.3 is 0 Å². The third-order valence-corrected chi connectivity index (χ3v) is 6.00. The second-order valence-corrected chi connectivity index (χ2v) is 7.81. The number of rotatable bonds is 5. The summed E-state index contributed by atoms with van der Waals surface area (Å²) in [5, 5.41) is 0. The number of hydrogen-bond acceptors (Lipinski definition) is 4. The standard InChI is InChI=1S/C21H28N2O3/c24-20(18-4-1-2-5-18)23-12-8-19-21(15-23,9-3-13-26-19)16-25-14-17-6-10-22-11-7-17/h4,6-7,10-11,19H,1-3,5,8-9,12-16H2/t19-,21-/m1/s1. The van der Waals surface area contributed by atoms with E-state index < -0.39 is 0 Å². The summed E-state index contributed by atoms with van der Waals surface area (Å²) in [5.41, 5.74) is 2.07. The molecular weight excluding hydrogens is 328 g/mol. The number of likely N-dealkylation sites (tertiary alicyclic amines) is 1. The molecule has 0 spiro atoms. The molecule has 3 aliphatic rings. The molecule has 1 amide bonds. The zero-order valence-electron chi connectivity index (χ0n) is 15.4. The first-order valence-corrected chi connectivity index (χ1v) is 9.83. The van der Waals surface area contributed by atoms with E-state index in [1.165, 1.54) is 0 Å². The minimum absolute atomic E-state index is 0.0711. The van der Waals surface area contributed by atoms with Crippen molar-refractivity contribution in [1.29, 1.82) is 0 Å². The van der Waals surface area contributed by atoms with Crippen LogP contribution in [0.25, 0.3) is 0 Å². The molecule has 0 unspecified atom stereocenters. The molecule has 0 radical (unpaired) electrons. The number of carbonyl (C=O) groups excluding carboxylic acids is 1. The molecule has 0 saturated carbocycles. The van der Waals surface area contributed by atoms with Gasteiger partial charge < -0.3 is 14.4 Å². The van der Waals surface area contributed by atoms with Gasteiger partial charge in [-0.1, -0.05) is 6.08 Å². The molecule has 2 saturated heterocycles. The Hall–Kier alpha value is -1.72. The maximum atomic E-state index is 12.9. The quantitative estimate of drug-likeness (QED) is 0.813. The van der Waals surface area contributed by atoms with Crippen molar-refractivity contribution in [3.8, 4) is 0 Å². The number of nitrogens with zero attached hydrogens (tertiary/aromatic N) is 2. The molecule has 2 fully saturated rings. The van der Waals surface area contributed by atoms with Crippen molar-refractivity contribution in [2.75, 3.05) is 26.3 Å². The first kappa shape index (κ1) is 17.7. The van der Waals surface area contributed by atoms with Gasteiger partial charge in [0.1, 0.15) is 0 Å². The monoisotopic (exact) mass is 356 g/mol. The summed E-state index contributed by atoms with van der Waals surface area (Å²) in [4.78, 5) is 19.0. The van der Waals surface area contributed by atoms with Crippen LogP contribution in [0, 0.1) is 5.41 Å². The van der Waals surface area contributed by atoms with Gasteiger partial charge in [-0.2, -0.15) is 0 Å². The van der Waals surface area contributed by atoms with E-state index in [1.54, 1.807) is 12.4 Å². The highest BCUT2D eigenvalue weighted by molar-refractivity contribution is 5.93. The van der Waals surface area contributed by atoms with E-state index >= 15 is 0 Å². The summed E-state index contributed by atoms with van der Waals surface area (Å²) in [5.74, 6) is 0.236. The summed E-state index contributed by atoms with van der Waals surface area (Å²) in [6.45, 7) is 3.60. The molecule has 1 aromatic rings. The van der Waals surface area contributed by atoms with Gasteiger partial charge in [0.05, 0.1) is 19.3 Å². The predicted molar refractivity (Wildman–Crippen MR) is 98.4 cm³/mol. The fraction of sp³-hybridized carbons (Fsp3) is 0.619. The Balaban J connectivity index is 1.43. The Bertz CT molecular complexity index is 660. The molecule has 3 heterocycles. The second kappa shape index (κ2) is 7.89. The maximum Gasteiger partial charge on any atom is 0.249 e. The lowest BCUT2D eigenvalue weighted by molar-refractivity contribution is -0.163. The van der Waals surface area contributed by atoms with Gasteiger partial charge in [0.15, 0.2) is 0 Å². The molecule has 0 bridgehead atoms. The van der Waals surface area contributed by atoms with Gasteiger partial charge in [0.25, 0.3) is 0 Å². The number of pyridine rings is 1. The van der Waals surface area contributed by atoms with Gasteiger partial charge in [-0.25, -0.2) is 0 Å². The van der Waals surface area contributed by atoms with E-state index in [1.807, 2.05) is 12.1 Å². The number of piperidine rings is 1. The van der Waals surface area contributed by atoms with Crippen LogP contribution in [0.5, 0.6) is 0 Å². The lowest BCUT2D eigenvalue weighted by Crippen LogP contribution is -2.58. The van der Waals surface area contributed by atoms with Crippen molar-refractivity contribution in [2.24, 2.45) is 5.41 Å². The molecule has 4 rings (SSSR count). The Morgan fingerprint density at radius 2 is 2.23 bits per heavy atom. The maximum absolute atomic E-state index is 12.9. The van der Waals surface area contributed by atoms with Crippen LogP contribution in [-0.2, 0) is 20.9 Å². The normalized spacial score (nSPS) is 28.5. The molecule has 5 heteroatoms. The highest BCUT2D eigenvalue weighted by atomic mass is 16.5. The third kappa shape index (κ3) is 3.69. The summed E-state index contributed by atoms with van der Waals surface area (Å²) in [6, 6.07) is 3.96.